The van der Waals surface area contributed by atoms with Crippen LogP contribution in [0, 0.1) is 5.92 Å². The van der Waals surface area contributed by atoms with Crippen molar-refractivity contribution in [1.29, 1.82) is 0 Å². The fourth-order valence-electron chi connectivity index (χ4n) is 3.31. The minimum atomic E-state index is -0.132. The van der Waals surface area contributed by atoms with Crippen LogP contribution in [0.1, 0.15) is 43.7 Å². The lowest BCUT2D eigenvalue weighted by atomic mass is 9.90. The largest absolute Gasteiger partial charge is 0.410 e. The molecule has 1 aliphatic rings. The number of rotatable bonds is 6. The molecule has 3 aromatic heterocycles. The lowest BCUT2D eigenvalue weighted by molar-refractivity contribution is -0.113. The maximum Gasteiger partial charge on any atom is 0.277 e. The second-order valence-electron chi connectivity index (χ2n) is 7.37. The van der Waals surface area contributed by atoms with E-state index in [1.807, 2.05) is 13.8 Å². The van der Waals surface area contributed by atoms with Gasteiger partial charge in [0.05, 0.1) is 16.8 Å². The summed E-state index contributed by atoms with van der Waals surface area (Å²) < 4.78 is 7.55. The van der Waals surface area contributed by atoms with Gasteiger partial charge < -0.3 is 9.73 Å². The highest BCUT2D eigenvalue weighted by atomic mass is 32.2. The molecule has 0 aliphatic heterocycles. The first-order valence-corrected chi connectivity index (χ1v) is 11.2. The number of thiophene rings is 1. The molecule has 0 radical (unpaired) electrons. The molecule has 0 saturated heterocycles. The van der Waals surface area contributed by atoms with E-state index in [1.165, 1.54) is 28.6 Å². The van der Waals surface area contributed by atoms with E-state index in [1.54, 1.807) is 28.3 Å². The summed E-state index contributed by atoms with van der Waals surface area (Å²) >= 11 is 2.98. The summed E-state index contributed by atoms with van der Waals surface area (Å²) in [5, 5.41) is 15.7. The molecular formula is C19H23N5O2S2. The minimum Gasteiger partial charge on any atom is -0.410 e. The van der Waals surface area contributed by atoms with Gasteiger partial charge in [-0.15, -0.1) is 21.5 Å². The van der Waals surface area contributed by atoms with Crippen molar-refractivity contribution in [3.05, 3.63) is 28.8 Å². The zero-order valence-corrected chi connectivity index (χ0v) is 17.8. The lowest BCUT2D eigenvalue weighted by Crippen LogP contribution is -2.18. The van der Waals surface area contributed by atoms with Crippen molar-refractivity contribution in [3.8, 4) is 10.8 Å². The molecule has 28 heavy (non-hydrogen) atoms. The van der Waals surface area contributed by atoms with Gasteiger partial charge in [-0.2, -0.15) is 5.10 Å². The van der Waals surface area contributed by atoms with Crippen LogP contribution in [0.5, 0.6) is 0 Å². The van der Waals surface area contributed by atoms with Crippen LogP contribution in [0.2, 0.25) is 0 Å². The number of anilines is 1. The molecule has 3 heterocycles. The third-order valence-electron chi connectivity index (χ3n) is 4.70. The zero-order valence-electron chi connectivity index (χ0n) is 16.1. The number of aromatic nitrogens is 4. The number of amides is 1. The van der Waals surface area contributed by atoms with Gasteiger partial charge >= 0.3 is 0 Å². The maximum atomic E-state index is 12.2. The second kappa shape index (κ2) is 8.08. The van der Waals surface area contributed by atoms with Crippen LogP contribution in [0.15, 0.2) is 28.0 Å². The lowest BCUT2D eigenvalue weighted by Gasteiger charge is -2.16. The van der Waals surface area contributed by atoms with Crippen molar-refractivity contribution in [1.82, 2.24) is 20.0 Å². The van der Waals surface area contributed by atoms with Gasteiger partial charge in [-0.3, -0.25) is 4.79 Å². The molecular weight excluding hydrogens is 394 g/mol. The van der Waals surface area contributed by atoms with Crippen LogP contribution in [0.3, 0.4) is 0 Å². The third kappa shape index (κ3) is 4.15. The normalized spacial score (nSPS) is 16.4. The van der Waals surface area contributed by atoms with Crippen molar-refractivity contribution in [2.75, 3.05) is 11.1 Å². The van der Waals surface area contributed by atoms with Crippen LogP contribution in [0.4, 0.5) is 5.82 Å². The van der Waals surface area contributed by atoms with E-state index in [2.05, 4.69) is 33.6 Å². The van der Waals surface area contributed by atoms with Gasteiger partial charge in [-0.25, -0.2) is 4.68 Å². The molecule has 148 valence electrons. The molecule has 0 unspecified atom stereocenters. The Morgan fingerprint density at radius 3 is 3.14 bits per heavy atom. The maximum absolute atomic E-state index is 12.2. The molecule has 4 rings (SSSR count). The van der Waals surface area contributed by atoms with Gasteiger partial charge in [0, 0.05) is 17.0 Å². The molecule has 1 amide bonds. The van der Waals surface area contributed by atoms with Crippen molar-refractivity contribution < 1.29 is 9.21 Å². The minimum absolute atomic E-state index is 0.132. The summed E-state index contributed by atoms with van der Waals surface area (Å²) in [6.07, 6.45) is 5.16. The van der Waals surface area contributed by atoms with Crippen LogP contribution in [-0.4, -0.2) is 31.6 Å². The smallest absolute Gasteiger partial charge is 0.277 e. The van der Waals surface area contributed by atoms with E-state index in [4.69, 9.17) is 4.42 Å². The van der Waals surface area contributed by atoms with Crippen molar-refractivity contribution >= 4 is 34.8 Å². The molecule has 9 heteroatoms. The van der Waals surface area contributed by atoms with E-state index in [0.717, 1.165) is 23.6 Å². The fourth-order valence-corrected chi connectivity index (χ4v) is 5.00. The Balaban J connectivity index is 1.36. The van der Waals surface area contributed by atoms with Gasteiger partial charge in [0.15, 0.2) is 0 Å². The summed E-state index contributed by atoms with van der Waals surface area (Å²) in [6, 6.07) is 4.14. The number of nitrogens with zero attached hydrogens (tertiary/aromatic N) is 4. The number of carbonyl (C=O) groups is 1. The first-order valence-electron chi connectivity index (χ1n) is 9.41. The number of aryl methyl sites for hydroxylation is 1. The summed E-state index contributed by atoms with van der Waals surface area (Å²) in [5.41, 5.74) is 1.41. The average molecular weight is 418 g/mol. The molecule has 3 aromatic rings. The van der Waals surface area contributed by atoms with Gasteiger partial charge in [-0.1, -0.05) is 18.7 Å². The Kier molecular flexibility index (Phi) is 5.54. The number of hydrogen-bond acceptors (Lipinski definition) is 7. The quantitative estimate of drug-likeness (QED) is 0.597. The van der Waals surface area contributed by atoms with Crippen LogP contribution < -0.4 is 5.32 Å². The van der Waals surface area contributed by atoms with E-state index in [-0.39, 0.29) is 17.7 Å². The van der Waals surface area contributed by atoms with Gasteiger partial charge in [-0.05, 0) is 50.7 Å². The fraction of sp³-hybridized carbons (Fsp3) is 0.474. The van der Waals surface area contributed by atoms with Gasteiger partial charge in [0.2, 0.25) is 5.91 Å². The van der Waals surface area contributed by atoms with E-state index in [0.29, 0.717) is 16.9 Å². The molecule has 0 saturated carbocycles. The molecule has 0 spiro atoms. The SMILES string of the molecule is CC(C)n1nccc1NC(=O)CSc1nnc(-c2cc3c(s2)CC[C@@H](C)C3)o1. The van der Waals surface area contributed by atoms with Crippen molar-refractivity contribution in [3.63, 3.8) is 0 Å². The Labute approximate surface area is 171 Å². The van der Waals surface area contributed by atoms with Crippen LogP contribution in [-0.2, 0) is 17.6 Å². The highest BCUT2D eigenvalue weighted by molar-refractivity contribution is 7.99. The zero-order chi connectivity index (χ0) is 19.7. The van der Waals surface area contributed by atoms with E-state index in [9.17, 15) is 4.79 Å². The Bertz CT molecular complexity index is 975. The topological polar surface area (TPSA) is 85.8 Å². The molecule has 1 atom stereocenters. The molecule has 1 N–H and O–H groups in total. The summed E-state index contributed by atoms with van der Waals surface area (Å²) in [4.78, 5) is 14.7. The predicted molar refractivity (Wildman–Crippen MR) is 111 cm³/mol. The number of hydrogen-bond donors (Lipinski definition) is 1. The average Bonchev–Trinajstić information content (AvgIpc) is 3.38. The van der Waals surface area contributed by atoms with Crippen LogP contribution in [0.25, 0.3) is 10.8 Å². The second-order valence-corrected chi connectivity index (χ2v) is 9.44. The Morgan fingerprint density at radius 2 is 2.32 bits per heavy atom. The Morgan fingerprint density at radius 1 is 1.46 bits per heavy atom. The number of thioether (sulfide) groups is 1. The van der Waals surface area contributed by atoms with Gasteiger partial charge in [0.25, 0.3) is 11.1 Å². The first kappa shape index (κ1) is 19.2. The Hall–Kier alpha value is -2.13. The van der Waals surface area contributed by atoms with E-state index >= 15 is 0 Å². The first-order chi connectivity index (χ1) is 13.5. The number of nitrogens with one attached hydrogen (secondary N) is 1. The summed E-state index contributed by atoms with van der Waals surface area (Å²) in [7, 11) is 0. The third-order valence-corrected chi connectivity index (χ3v) is 6.74. The van der Waals surface area contributed by atoms with Crippen molar-refractivity contribution in [2.24, 2.45) is 5.92 Å². The van der Waals surface area contributed by atoms with Crippen molar-refractivity contribution in [2.45, 2.75) is 51.3 Å². The molecule has 0 bridgehead atoms. The van der Waals surface area contributed by atoms with Gasteiger partial charge in [0.1, 0.15) is 5.82 Å². The number of fused-ring (bicyclic) bond motifs is 1. The van der Waals surface area contributed by atoms with E-state index < -0.39 is 0 Å². The standard InChI is InChI=1S/C19H23N5O2S2/c1-11(2)24-16(6-7-20-24)21-17(25)10-27-19-23-22-18(26-19)15-9-13-8-12(3)4-5-14(13)28-15/h6-7,9,11-12H,4-5,8,10H2,1-3H3,(H,21,25)/t12-/m1/s1. The summed E-state index contributed by atoms with van der Waals surface area (Å²) in [5.74, 6) is 2.02. The highest BCUT2D eigenvalue weighted by Crippen LogP contribution is 2.37. The molecule has 0 aromatic carbocycles. The summed E-state index contributed by atoms with van der Waals surface area (Å²) in [6.45, 7) is 6.32. The number of carbonyl (C=O) groups excluding carboxylic acids is 1. The molecule has 0 fully saturated rings. The predicted octanol–water partition coefficient (Wildman–Crippen LogP) is 4.43. The molecule has 1 aliphatic carbocycles. The highest BCUT2D eigenvalue weighted by Gasteiger charge is 2.21. The monoisotopic (exact) mass is 417 g/mol. The molecule has 7 nitrogen and oxygen atoms in total. The van der Waals surface area contributed by atoms with Crippen LogP contribution >= 0.6 is 23.1 Å².